The van der Waals surface area contributed by atoms with Gasteiger partial charge < -0.3 is 14.0 Å². The normalized spacial score (nSPS) is 10.4. The van der Waals surface area contributed by atoms with Gasteiger partial charge in [-0.1, -0.05) is 24.3 Å². The molecule has 156 valence electrons. The average molecular weight is 407 g/mol. The van der Waals surface area contributed by atoms with Gasteiger partial charge in [0.05, 0.1) is 26.2 Å². The number of aryl methyl sites for hydroxylation is 1. The number of ether oxygens (including phenoxy) is 2. The van der Waals surface area contributed by atoms with E-state index in [-0.39, 0.29) is 18.2 Å². The van der Waals surface area contributed by atoms with E-state index in [4.69, 9.17) is 9.47 Å². The summed E-state index contributed by atoms with van der Waals surface area (Å²) < 4.78 is 12.4. The van der Waals surface area contributed by atoms with Crippen LogP contribution in [0.15, 0.2) is 54.6 Å². The van der Waals surface area contributed by atoms with E-state index in [0.717, 1.165) is 22.6 Å². The van der Waals surface area contributed by atoms with Gasteiger partial charge >= 0.3 is 0 Å². The quantitative estimate of drug-likeness (QED) is 0.615. The van der Waals surface area contributed by atoms with Gasteiger partial charge in [0.1, 0.15) is 0 Å². The van der Waals surface area contributed by atoms with Gasteiger partial charge in [0, 0.05) is 17.1 Å². The van der Waals surface area contributed by atoms with Gasteiger partial charge in [0.25, 0.3) is 5.91 Å². The lowest BCUT2D eigenvalue weighted by Gasteiger charge is -2.11. The largest absolute Gasteiger partial charge is 0.493 e. The molecule has 0 spiro atoms. The minimum absolute atomic E-state index is 0.0870. The molecule has 7 nitrogen and oxygen atoms in total. The average Bonchev–Trinajstić information content (AvgIpc) is 3.06. The van der Waals surface area contributed by atoms with Crippen LogP contribution >= 0.6 is 0 Å². The molecule has 2 N–H and O–H groups in total. The number of carbonyl (C=O) groups excluding carboxylic acids is 2. The minimum Gasteiger partial charge on any atom is -0.493 e. The van der Waals surface area contributed by atoms with Crippen molar-refractivity contribution < 1.29 is 19.1 Å². The van der Waals surface area contributed by atoms with Crippen LogP contribution in [0.1, 0.15) is 27.3 Å². The Morgan fingerprint density at radius 1 is 0.900 bits per heavy atom. The molecule has 0 aliphatic heterocycles. The van der Waals surface area contributed by atoms with Gasteiger partial charge in [-0.05, 0) is 49.7 Å². The van der Waals surface area contributed by atoms with Crippen molar-refractivity contribution in [2.45, 2.75) is 20.3 Å². The summed E-state index contributed by atoms with van der Waals surface area (Å²) >= 11 is 0. The molecule has 0 saturated heterocycles. The standard InChI is InChI=1S/C23H25N3O4/c1-15-12-19(16(2)26(15)18-8-6-5-7-9-18)23(28)25-24-22(27)14-17-10-11-20(29-3)21(13-17)30-4/h5-13H,14H2,1-4H3,(H,24,27)(H,25,28). The second-order valence-electron chi connectivity index (χ2n) is 6.82. The maximum atomic E-state index is 12.6. The van der Waals surface area contributed by atoms with E-state index >= 15 is 0 Å². The van der Waals surface area contributed by atoms with Crippen LogP contribution in [0.2, 0.25) is 0 Å². The van der Waals surface area contributed by atoms with E-state index in [2.05, 4.69) is 10.9 Å². The Labute approximate surface area is 175 Å². The molecule has 0 atom stereocenters. The molecule has 0 aliphatic rings. The number of rotatable bonds is 6. The number of nitrogens with one attached hydrogen (secondary N) is 2. The molecule has 0 fully saturated rings. The molecule has 3 aromatic rings. The molecule has 3 rings (SSSR count). The Kier molecular flexibility index (Phi) is 6.41. The van der Waals surface area contributed by atoms with Crippen molar-refractivity contribution >= 4 is 11.8 Å². The molecule has 0 unspecified atom stereocenters. The van der Waals surface area contributed by atoms with E-state index in [1.54, 1.807) is 31.4 Å². The predicted molar refractivity (Wildman–Crippen MR) is 114 cm³/mol. The Bertz CT molecular complexity index is 1060. The van der Waals surface area contributed by atoms with Gasteiger partial charge in [0.15, 0.2) is 11.5 Å². The predicted octanol–water partition coefficient (Wildman–Crippen LogP) is 3.12. The van der Waals surface area contributed by atoms with Crippen molar-refractivity contribution in [3.8, 4) is 17.2 Å². The highest BCUT2D eigenvalue weighted by atomic mass is 16.5. The molecule has 30 heavy (non-hydrogen) atoms. The summed E-state index contributed by atoms with van der Waals surface area (Å²) in [4.78, 5) is 24.9. The van der Waals surface area contributed by atoms with Gasteiger partial charge in [-0.2, -0.15) is 0 Å². The topological polar surface area (TPSA) is 81.6 Å². The van der Waals surface area contributed by atoms with Gasteiger partial charge in [0.2, 0.25) is 5.91 Å². The van der Waals surface area contributed by atoms with Crippen LogP contribution in [0.5, 0.6) is 11.5 Å². The van der Waals surface area contributed by atoms with Crippen LogP contribution in [0.3, 0.4) is 0 Å². The second-order valence-corrected chi connectivity index (χ2v) is 6.82. The van der Waals surface area contributed by atoms with Crippen molar-refractivity contribution in [1.29, 1.82) is 0 Å². The van der Waals surface area contributed by atoms with Crippen LogP contribution in [0, 0.1) is 13.8 Å². The third kappa shape index (κ3) is 4.46. The number of carbonyl (C=O) groups is 2. The molecule has 1 aromatic heterocycles. The lowest BCUT2D eigenvalue weighted by atomic mass is 10.1. The van der Waals surface area contributed by atoms with Gasteiger partial charge in [-0.15, -0.1) is 0 Å². The first kappa shape index (κ1) is 21.0. The molecular weight excluding hydrogens is 382 g/mol. The molecule has 0 bridgehead atoms. The number of hydrazine groups is 1. The monoisotopic (exact) mass is 407 g/mol. The highest BCUT2D eigenvalue weighted by Crippen LogP contribution is 2.27. The summed E-state index contributed by atoms with van der Waals surface area (Å²) in [6.07, 6.45) is 0.0870. The zero-order chi connectivity index (χ0) is 21.7. The Hall–Kier alpha value is -3.74. The maximum absolute atomic E-state index is 12.6. The smallest absolute Gasteiger partial charge is 0.271 e. The number of hydrogen-bond donors (Lipinski definition) is 2. The first-order valence-electron chi connectivity index (χ1n) is 9.49. The molecule has 2 aromatic carbocycles. The molecule has 0 radical (unpaired) electrons. The SMILES string of the molecule is COc1ccc(CC(=O)NNC(=O)c2cc(C)n(-c3ccccc3)c2C)cc1OC. The summed E-state index contributed by atoms with van der Waals surface area (Å²) in [6, 6.07) is 16.8. The first-order valence-corrected chi connectivity index (χ1v) is 9.49. The minimum atomic E-state index is -0.369. The van der Waals surface area contributed by atoms with E-state index in [9.17, 15) is 9.59 Å². The first-order chi connectivity index (χ1) is 14.4. The fourth-order valence-corrected chi connectivity index (χ4v) is 3.38. The van der Waals surface area contributed by atoms with Crippen LogP contribution in [-0.2, 0) is 11.2 Å². The molecule has 2 amide bonds. The fraction of sp³-hybridized carbons (Fsp3) is 0.217. The van der Waals surface area contributed by atoms with Crippen molar-refractivity contribution in [1.82, 2.24) is 15.4 Å². The number of para-hydroxylation sites is 1. The number of benzene rings is 2. The Balaban J connectivity index is 1.65. The van der Waals surface area contributed by atoms with Gasteiger partial charge in [-0.3, -0.25) is 20.4 Å². The van der Waals surface area contributed by atoms with Crippen LogP contribution in [0.25, 0.3) is 5.69 Å². The van der Waals surface area contributed by atoms with Gasteiger partial charge in [-0.25, -0.2) is 0 Å². The second kappa shape index (κ2) is 9.17. The third-order valence-corrected chi connectivity index (χ3v) is 4.82. The van der Waals surface area contributed by atoms with E-state index in [0.29, 0.717) is 17.1 Å². The summed E-state index contributed by atoms with van der Waals surface area (Å²) in [7, 11) is 3.09. The number of aromatic nitrogens is 1. The Morgan fingerprint density at radius 3 is 2.27 bits per heavy atom. The van der Waals surface area contributed by atoms with E-state index in [1.807, 2.05) is 48.7 Å². The van der Waals surface area contributed by atoms with Crippen molar-refractivity contribution in [3.63, 3.8) is 0 Å². The van der Waals surface area contributed by atoms with Crippen LogP contribution < -0.4 is 20.3 Å². The lowest BCUT2D eigenvalue weighted by molar-refractivity contribution is -0.121. The number of hydrogen-bond acceptors (Lipinski definition) is 4. The number of amides is 2. The van der Waals surface area contributed by atoms with Crippen molar-refractivity contribution in [3.05, 3.63) is 77.1 Å². The summed E-state index contributed by atoms with van der Waals surface area (Å²) in [5, 5.41) is 0. The fourth-order valence-electron chi connectivity index (χ4n) is 3.38. The van der Waals surface area contributed by atoms with Crippen molar-refractivity contribution in [2.75, 3.05) is 14.2 Å². The summed E-state index contributed by atoms with van der Waals surface area (Å²) in [6.45, 7) is 3.81. The highest BCUT2D eigenvalue weighted by molar-refractivity contribution is 5.97. The summed E-state index contributed by atoms with van der Waals surface area (Å²) in [5.41, 5.74) is 8.91. The highest BCUT2D eigenvalue weighted by Gasteiger charge is 2.17. The van der Waals surface area contributed by atoms with Crippen LogP contribution in [0.4, 0.5) is 0 Å². The molecule has 1 heterocycles. The molecule has 7 heteroatoms. The maximum Gasteiger partial charge on any atom is 0.271 e. The zero-order valence-electron chi connectivity index (χ0n) is 17.5. The van der Waals surface area contributed by atoms with E-state index in [1.165, 1.54) is 7.11 Å². The number of nitrogens with zero attached hydrogens (tertiary/aromatic N) is 1. The Morgan fingerprint density at radius 2 is 1.60 bits per heavy atom. The summed E-state index contributed by atoms with van der Waals surface area (Å²) in [5.74, 6) is 0.419. The molecule has 0 aliphatic carbocycles. The van der Waals surface area contributed by atoms with Crippen LogP contribution in [-0.4, -0.2) is 30.6 Å². The lowest BCUT2D eigenvalue weighted by Crippen LogP contribution is -2.42. The van der Waals surface area contributed by atoms with E-state index < -0.39 is 0 Å². The number of methoxy groups -OCH3 is 2. The third-order valence-electron chi connectivity index (χ3n) is 4.82. The molecular formula is C23H25N3O4. The molecule has 0 saturated carbocycles. The zero-order valence-corrected chi connectivity index (χ0v) is 17.5. The van der Waals surface area contributed by atoms with Crippen molar-refractivity contribution in [2.24, 2.45) is 0 Å².